The summed E-state index contributed by atoms with van der Waals surface area (Å²) in [5, 5.41) is 15.4. The van der Waals surface area contributed by atoms with Crippen LogP contribution in [-0.2, 0) is 9.59 Å². The molecule has 3 rings (SSSR count). The number of halogens is 1. The van der Waals surface area contributed by atoms with Gasteiger partial charge in [0.05, 0.1) is 17.8 Å². The second-order valence-electron chi connectivity index (χ2n) is 7.35. The topological polar surface area (TPSA) is 100 Å². The smallest absolute Gasteiger partial charge is 0.262 e. The van der Waals surface area contributed by atoms with Crippen LogP contribution in [-0.4, -0.2) is 31.6 Å². The van der Waals surface area contributed by atoms with E-state index in [0.29, 0.717) is 27.8 Å². The molecule has 1 aliphatic carbocycles. The summed E-state index contributed by atoms with van der Waals surface area (Å²) in [4.78, 5) is 24.6. The molecule has 0 atom stereocenters. The number of para-hydroxylation sites is 1. The highest BCUT2D eigenvalue weighted by Gasteiger charge is 2.19. The molecule has 1 saturated carbocycles. The van der Waals surface area contributed by atoms with Gasteiger partial charge < -0.3 is 20.1 Å². The Balaban J connectivity index is 1.65. The van der Waals surface area contributed by atoms with Crippen LogP contribution in [0, 0.1) is 11.3 Å². The summed E-state index contributed by atoms with van der Waals surface area (Å²) in [6, 6.07) is 13.9. The zero-order valence-corrected chi connectivity index (χ0v) is 18.4. The van der Waals surface area contributed by atoms with Crippen molar-refractivity contribution < 1.29 is 19.1 Å². The lowest BCUT2D eigenvalue weighted by molar-refractivity contribution is -0.118. The lowest BCUT2D eigenvalue weighted by atomic mass is 10.1. The Morgan fingerprint density at radius 1 is 1.19 bits per heavy atom. The SMILES string of the molecule is COc1cc(/C=C(\C#N)C(=O)NC2CCCC2)ccc1OCC(=O)Nc1ccccc1Cl. The van der Waals surface area contributed by atoms with Crippen LogP contribution in [0.5, 0.6) is 11.5 Å². The minimum atomic E-state index is -0.380. The molecule has 0 spiro atoms. The van der Waals surface area contributed by atoms with Crippen LogP contribution in [0.3, 0.4) is 0 Å². The zero-order chi connectivity index (χ0) is 22.9. The molecule has 0 aliphatic heterocycles. The molecule has 1 aliphatic rings. The van der Waals surface area contributed by atoms with Crippen molar-refractivity contribution in [3.05, 3.63) is 58.6 Å². The third-order valence-corrected chi connectivity index (χ3v) is 5.39. The van der Waals surface area contributed by atoms with Crippen molar-refractivity contribution in [2.45, 2.75) is 31.7 Å². The van der Waals surface area contributed by atoms with Crippen LogP contribution in [0.2, 0.25) is 5.02 Å². The van der Waals surface area contributed by atoms with Crippen molar-refractivity contribution in [3.8, 4) is 17.6 Å². The molecule has 0 heterocycles. The molecule has 0 bridgehead atoms. The average Bonchev–Trinajstić information content (AvgIpc) is 3.30. The lowest BCUT2D eigenvalue weighted by Gasteiger charge is -2.13. The normalized spacial score (nSPS) is 13.8. The number of methoxy groups -OCH3 is 1. The third kappa shape index (κ3) is 6.25. The first kappa shape index (κ1) is 23.2. The summed E-state index contributed by atoms with van der Waals surface area (Å²) in [5.74, 6) is -0.0277. The van der Waals surface area contributed by atoms with Gasteiger partial charge in [-0.25, -0.2) is 0 Å². The number of nitrogens with one attached hydrogen (secondary N) is 2. The minimum absolute atomic E-state index is 0.0201. The van der Waals surface area contributed by atoms with E-state index in [9.17, 15) is 14.9 Å². The Kier molecular flexibility index (Phi) is 8.12. The molecule has 2 N–H and O–H groups in total. The van der Waals surface area contributed by atoms with Gasteiger partial charge in [0, 0.05) is 6.04 Å². The van der Waals surface area contributed by atoms with Crippen LogP contribution in [0.15, 0.2) is 48.0 Å². The molecule has 32 heavy (non-hydrogen) atoms. The largest absolute Gasteiger partial charge is 0.493 e. The molecule has 0 aromatic heterocycles. The highest BCUT2D eigenvalue weighted by molar-refractivity contribution is 6.33. The number of hydrogen-bond acceptors (Lipinski definition) is 5. The summed E-state index contributed by atoms with van der Waals surface area (Å²) >= 11 is 6.04. The van der Waals surface area contributed by atoms with E-state index in [2.05, 4.69) is 10.6 Å². The standard InChI is InChI=1S/C24H24ClN3O4/c1-31-22-13-16(12-17(14-26)24(30)27-18-6-2-3-7-18)10-11-21(22)32-15-23(29)28-20-9-5-4-8-19(20)25/h4-5,8-13,18H,2-3,6-7,15H2,1H3,(H,27,30)(H,28,29)/b17-12+. The third-order valence-electron chi connectivity index (χ3n) is 5.06. The van der Waals surface area contributed by atoms with E-state index in [4.69, 9.17) is 21.1 Å². The van der Waals surface area contributed by atoms with E-state index >= 15 is 0 Å². The van der Waals surface area contributed by atoms with Gasteiger partial charge in [-0.2, -0.15) is 5.26 Å². The number of benzene rings is 2. The molecule has 166 valence electrons. The van der Waals surface area contributed by atoms with Gasteiger partial charge in [0.15, 0.2) is 18.1 Å². The van der Waals surface area contributed by atoms with Crippen LogP contribution in [0.25, 0.3) is 6.08 Å². The van der Waals surface area contributed by atoms with Gasteiger partial charge in [0.2, 0.25) is 0 Å². The second-order valence-corrected chi connectivity index (χ2v) is 7.76. The Hall–Kier alpha value is -3.50. The highest BCUT2D eigenvalue weighted by Crippen LogP contribution is 2.29. The Bertz CT molecular complexity index is 1060. The summed E-state index contributed by atoms with van der Waals surface area (Å²) < 4.78 is 10.9. The van der Waals surface area contributed by atoms with Gasteiger partial charge in [-0.3, -0.25) is 9.59 Å². The molecular formula is C24H24ClN3O4. The summed E-state index contributed by atoms with van der Waals surface area (Å²) in [7, 11) is 1.47. The fourth-order valence-electron chi connectivity index (χ4n) is 3.43. The van der Waals surface area contributed by atoms with Gasteiger partial charge in [-0.05, 0) is 48.7 Å². The van der Waals surface area contributed by atoms with E-state index in [-0.39, 0.29) is 30.0 Å². The second kappa shape index (κ2) is 11.2. The molecule has 0 saturated heterocycles. The molecule has 0 radical (unpaired) electrons. The van der Waals surface area contributed by atoms with E-state index in [1.165, 1.54) is 13.2 Å². The predicted octanol–water partition coefficient (Wildman–Crippen LogP) is 4.33. The van der Waals surface area contributed by atoms with E-state index in [1.807, 2.05) is 6.07 Å². The summed E-state index contributed by atoms with van der Waals surface area (Å²) in [6.45, 7) is -0.246. The van der Waals surface area contributed by atoms with Gasteiger partial charge in [-0.1, -0.05) is 42.6 Å². The number of nitriles is 1. The van der Waals surface area contributed by atoms with Crippen LogP contribution >= 0.6 is 11.6 Å². The maximum atomic E-state index is 12.4. The van der Waals surface area contributed by atoms with Crippen molar-refractivity contribution in [3.63, 3.8) is 0 Å². The van der Waals surface area contributed by atoms with Crippen molar-refractivity contribution in [1.29, 1.82) is 5.26 Å². The first-order valence-corrected chi connectivity index (χ1v) is 10.7. The van der Waals surface area contributed by atoms with E-state index in [0.717, 1.165) is 25.7 Å². The van der Waals surface area contributed by atoms with Crippen LogP contribution in [0.1, 0.15) is 31.2 Å². The van der Waals surface area contributed by atoms with Crippen LogP contribution in [0.4, 0.5) is 5.69 Å². The Morgan fingerprint density at radius 3 is 2.62 bits per heavy atom. The first-order valence-electron chi connectivity index (χ1n) is 10.3. The predicted molar refractivity (Wildman–Crippen MR) is 123 cm³/mol. The first-order chi connectivity index (χ1) is 15.5. The fourth-order valence-corrected chi connectivity index (χ4v) is 3.62. The molecular weight excluding hydrogens is 430 g/mol. The van der Waals surface area contributed by atoms with Gasteiger partial charge in [-0.15, -0.1) is 0 Å². The van der Waals surface area contributed by atoms with Crippen molar-refractivity contribution in [2.24, 2.45) is 0 Å². The molecule has 1 fully saturated rings. The number of rotatable bonds is 8. The minimum Gasteiger partial charge on any atom is -0.493 e. The summed E-state index contributed by atoms with van der Waals surface area (Å²) in [5.41, 5.74) is 1.12. The molecule has 2 aromatic carbocycles. The molecule has 2 aromatic rings. The van der Waals surface area contributed by atoms with Crippen molar-refractivity contribution >= 4 is 35.2 Å². The maximum Gasteiger partial charge on any atom is 0.262 e. The number of ether oxygens (including phenoxy) is 2. The Labute approximate surface area is 192 Å². The van der Waals surface area contributed by atoms with Gasteiger partial charge in [0.25, 0.3) is 11.8 Å². The highest BCUT2D eigenvalue weighted by atomic mass is 35.5. The van der Waals surface area contributed by atoms with Crippen LogP contribution < -0.4 is 20.1 Å². The number of hydrogen-bond donors (Lipinski definition) is 2. The number of carbonyl (C=O) groups excluding carboxylic acids is 2. The van der Waals surface area contributed by atoms with Crippen molar-refractivity contribution in [1.82, 2.24) is 5.32 Å². The Morgan fingerprint density at radius 2 is 1.94 bits per heavy atom. The van der Waals surface area contributed by atoms with Gasteiger partial charge >= 0.3 is 0 Å². The fraction of sp³-hybridized carbons (Fsp3) is 0.292. The van der Waals surface area contributed by atoms with E-state index in [1.54, 1.807) is 42.5 Å². The maximum absolute atomic E-state index is 12.4. The molecule has 2 amide bonds. The monoisotopic (exact) mass is 453 g/mol. The van der Waals surface area contributed by atoms with Gasteiger partial charge in [0.1, 0.15) is 11.6 Å². The zero-order valence-electron chi connectivity index (χ0n) is 17.7. The number of carbonyl (C=O) groups is 2. The van der Waals surface area contributed by atoms with E-state index < -0.39 is 0 Å². The summed E-state index contributed by atoms with van der Waals surface area (Å²) in [6.07, 6.45) is 5.56. The number of anilines is 1. The van der Waals surface area contributed by atoms with Crippen molar-refractivity contribution in [2.75, 3.05) is 19.0 Å². The lowest BCUT2D eigenvalue weighted by Crippen LogP contribution is -2.33. The molecule has 8 heteroatoms. The molecule has 7 nitrogen and oxygen atoms in total. The quantitative estimate of drug-likeness (QED) is 0.457. The number of nitrogens with zero attached hydrogens (tertiary/aromatic N) is 1. The number of amides is 2. The average molecular weight is 454 g/mol. The molecule has 0 unspecified atom stereocenters.